The minimum Gasteiger partial charge on any atom is -0.486 e. The third kappa shape index (κ3) is 2.98. The van der Waals surface area contributed by atoms with Gasteiger partial charge in [-0.25, -0.2) is 0 Å². The van der Waals surface area contributed by atoms with E-state index >= 15 is 0 Å². The number of anilines is 1. The van der Waals surface area contributed by atoms with Crippen molar-refractivity contribution >= 4 is 28.9 Å². The summed E-state index contributed by atoms with van der Waals surface area (Å²) in [6.07, 6.45) is 0. The Morgan fingerprint density at radius 2 is 2.04 bits per heavy atom. The second kappa shape index (κ2) is 6.37. The summed E-state index contributed by atoms with van der Waals surface area (Å²) in [5.41, 5.74) is 0.947. The van der Waals surface area contributed by atoms with E-state index in [1.165, 1.54) is 24.3 Å². The van der Waals surface area contributed by atoms with E-state index in [1.54, 1.807) is 13.0 Å². The quantitative estimate of drug-likeness (QED) is 0.676. The van der Waals surface area contributed by atoms with E-state index in [9.17, 15) is 14.9 Å². The van der Waals surface area contributed by atoms with Gasteiger partial charge in [0, 0.05) is 11.6 Å². The largest absolute Gasteiger partial charge is 0.486 e. The van der Waals surface area contributed by atoms with Crippen LogP contribution in [-0.4, -0.2) is 24.0 Å². The van der Waals surface area contributed by atoms with Crippen molar-refractivity contribution in [3.63, 3.8) is 0 Å². The van der Waals surface area contributed by atoms with Gasteiger partial charge in [-0.3, -0.25) is 14.9 Å². The molecule has 0 radical (unpaired) electrons. The van der Waals surface area contributed by atoms with Crippen LogP contribution in [0.15, 0.2) is 30.3 Å². The van der Waals surface area contributed by atoms with E-state index in [4.69, 9.17) is 21.1 Å². The van der Waals surface area contributed by atoms with Crippen molar-refractivity contribution in [2.45, 2.75) is 6.92 Å². The Morgan fingerprint density at radius 3 is 2.79 bits per heavy atom. The number of carbonyl (C=O) groups excluding carboxylic acids is 1. The Kier molecular flexibility index (Phi) is 4.26. The number of amides is 1. The van der Waals surface area contributed by atoms with Crippen LogP contribution in [-0.2, 0) is 0 Å². The van der Waals surface area contributed by atoms with Crippen LogP contribution in [0.2, 0.25) is 5.02 Å². The average molecular weight is 349 g/mol. The van der Waals surface area contributed by atoms with Crippen LogP contribution in [0.4, 0.5) is 11.4 Å². The Hall–Kier alpha value is -2.80. The fraction of sp³-hybridized carbons (Fsp3) is 0.188. The summed E-state index contributed by atoms with van der Waals surface area (Å²) in [4.78, 5) is 22.9. The average Bonchev–Trinajstić information content (AvgIpc) is 2.56. The second-order valence-corrected chi connectivity index (χ2v) is 5.55. The third-order valence-corrected chi connectivity index (χ3v) is 3.89. The Labute approximate surface area is 142 Å². The zero-order valence-corrected chi connectivity index (χ0v) is 13.4. The molecule has 0 unspecified atom stereocenters. The van der Waals surface area contributed by atoms with Gasteiger partial charge in [0.15, 0.2) is 11.5 Å². The first-order valence-corrected chi connectivity index (χ1v) is 7.49. The van der Waals surface area contributed by atoms with Crippen molar-refractivity contribution in [3.8, 4) is 11.5 Å². The highest BCUT2D eigenvalue weighted by atomic mass is 35.5. The molecule has 124 valence electrons. The zero-order valence-electron chi connectivity index (χ0n) is 12.7. The SMILES string of the molecule is Cc1c(NC(=O)c2cc(Cl)c3c(c2)OCCO3)cccc1[N+](=O)[O-]. The minimum absolute atomic E-state index is 0.0620. The number of carbonyl (C=O) groups is 1. The highest BCUT2D eigenvalue weighted by Crippen LogP contribution is 2.38. The number of nitro groups is 1. The van der Waals surface area contributed by atoms with Crippen molar-refractivity contribution in [1.29, 1.82) is 0 Å². The monoisotopic (exact) mass is 348 g/mol. The smallest absolute Gasteiger partial charge is 0.274 e. The predicted octanol–water partition coefficient (Wildman–Crippen LogP) is 3.58. The summed E-state index contributed by atoms with van der Waals surface area (Å²) < 4.78 is 10.8. The molecule has 1 N–H and O–H groups in total. The molecule has 0 spiro atoms. The van der Waals surface area contributed by atoms with Gasteiger partial charge in [-0.2, -0.15) is 0 Å². The van der Waals surface area contributed by atoms with Gasteiger partial charge in [-0.1, -0.05) is 17.7 Å². The number of nitrogens with zero attached hydrogens (tertiary/aromatic N) is 1. The van der Waals surface area contributed by atoms with E-state index in [1.807, 2.05) is 0 Å². The summed E-state index contributed by atoms with van der Waals surface area (Å²) in [7, 11) is 0. The van der Waals surface area contributed by atoms with Crippen LogP contribution >= 0.6 is 11.6 Å². The van der Waals surface area contributed by atoms with Gasteiger partial charge in [0.05, 0.1) is 21.2 Å². The number of nitrogens with one attached hydrogen (secondary N) is 1. The van der Waals surface area contributed by atoms with Gasteiger partial charge >= 0.3 is 0 Å². The third-order valence-electron chi connectivity index (χ3n) is 3.61. The molecule has 2 aromatic rings. The molecule has 1 amide bonds. The maximum Gasteiger partial charge on any atom is 0.274 e. The number of benzene rings is 2. The minimum atomic E-state index is -0.494. The Bertz CT molecular complexity index is 837. The van der Waals surface area contributed by atoms with Gasteiger partial charge in [-0.05, 0) is 25.1 Å². The fourth-order valence-corrected chi connectivity index (χ4v) is 2.66. The fourth-order valence-electron chi connectivity index (χ4n) is 2.39. The van der Waals surface area contributed by atoms with Gasteiger partial charge in [-0.15, -0.1) is 0 Å². The predicted molar refractivity (Wildman–Crippen MR) is 88.2 cm³/mol. The lowest BCUT2D eigenvalue weighted by atomic mass is 10.1. The van der Waals surface area contributed by atoms with E-state index in [0.29, 0.717) is 36.0 Å². The van der Waals surface area contributed by atoms with Crippen LogP contribution in [0.1, 0.15) is 15.9 Å². The molecule has 0 fully saturated rings. The Balaban J connectivity index is 1.90. The molecule has 7 nitrogen and oxygen atoms in total. The maximum absolute atomic E-state index is 12.4. The normalized spacial score (nSPS) is 12.6. The van der Waals surface area contributed by atoms with Crippen LogP contribution < -0.4 is 14.8 Å². The summed E-state index contributed by atoms with van der Waals surface area (Å²) >= 11 is 6.12. The lowest BCUT2D eigenvalue weighted by Gasteiger charge is -2.20. The van der Waals surface area contributed by atoms with Crippen LogP contribution in [0.3, 0.4) is 0 Å². The summed E-state index contributed by atoms with van der Waals surface area (Å²) in [5, 5.41) is 13.9. The molecule has 0 bridgehead atoms. The number of fused-ring (bicyclic) bond motifs is 1. The molecule has 0 aromatic heterocycles. The van der Waals surface area contributed by atoms with Crippen LogP contribution in [0, 0.1) is 17.0 Å². The van der Waals surface area contributed by atoms with Crippen LogP contribution in [0.5, 0.6) is 11.5 Å². The summed E-state index contributed by atoms with van der Waals surface area (Å²) in [6, 6.07) is 7.49. The molecule has 1 aliphatic rings. The number of halogens is 1. The topological polar surface area (TPSA) is 90.7 Å². The van der Waals surface area contributed by atoms with E-state index < -0.39 is 10.8 Å². The molecule has 0 aliphatic carbocycles. The van der Waals surface area contributed by atoms with Gasteiger partial charge in [0.25, 0.3) is 11.6 Å². The van der Waals surface area contributed by atoms with Gasteiger partial charge < -0.3 is 14.8 Å². The van der Waals surface area contributed by atoms with Crippen molar-refractivity contribution in [1.82, 2.24) is 0 Å². The van der Waals surface area contributed by atoms with Gasteiger partial charge in [0.1, 0.15) is 13.2 Å². The second-order valence-electron chi connectivity index (χ2n) is 5.14. The van der Waals surface area contributed by atoms with E-state index in [0.717, 1.165) is 0 Å². The van der Waals surface area contributed by atoms with E-state index in [2.05, 4.69) is 5.32 Å². The molecule has 8 heteroatoms. The summed E-state index contributed by atoms with van der Waals surface area (Å²) in [6.45, 7) is 2.34. The first-order chi connectivity index (χ1) is 11.5. The molecule has 24 heavy (non-hydrogen) atoms. The van der Waals surface area contributed by atoms with Crippen molar-refractivity contribution < 1.29 is 19.2 Å². The number of nitro benzene ring substituents is 1. The zero-order chi connectivity index (χ0) is 17.3. The molecule has 0 saturated carbocycles. The number of hydrogen-bond acceptors (Lipinski definition) is 5. The first-order valence-electron chi connectivity index (χ1n) is 7.12. The Morgan fingerprint density at radius 1 is 1.29 bits per heavy atom. The lowest BCUT2D eigenvalue weighted by Crippen LogP contribution is -2.18. The first kappa shape index (κ1) is 16.1. The highest BCUT2D eigenvalue weighted by molar-refractivity contribution is 6.32. The highest BCUT2D eigenvalue weighted by Gasteiger charge is 2.20. The molecule has 1 aliphatic heterocycles. The lowest BCUT2D eigenvalue weighted by molar-refractivity contribution is -0.385. The van der Waals surface area contributed by atoms with Crippen molar-refractivity contribution in [2.24, 2.45) is 0 Å². The molecular weight excluding hydrogens is 336 g/mol. The molecular formula is C16H13ClN2O5. The molecule has 3 rings (SSSR count). The van der Waals surface area contributed by atoms with Crippen molar-refractivity contribution in [3.05, 3.63) is 56.6 Å². The van der Waals surface area contributed by atoms with Crippen LogP contribution in [0.25, 0.3) is 0 Å². The maximum atomic E-state index is 12.4. The molecule has 2 aromatic carbocycles. The van der Waals surface area contributed by atoms with E-state index in [-0.39, 0.29) is 16.3 Å². The van der Waals surface area contributed by atoms with Gasteiger partial charge in [0.2, 0.25) is 0 Å². The standard InChI is InChI=1S/C16H13ClN2O5/c1-9-12(3-2-4-13(9)19(21)22)18-16(20)10-7-11(17)15-14(8-10)23-5-6-24-15/h2-4,7-8H,5-6H2,1H3,(H,18,20). The molecule has 0 atom stereocenters. The van der Waals surface area contributed by atoms with Crippen molar-refractivity contribution in [2.75, 3.05) is 18.5 Å². The number of hydrogen-bond donors (Lipinski definition) is 1. The summed E-state index contributed by atoms with van der Waals surface area (Å²) in [5.74, 6) is 0.359. The molecule has 1 heterocycles. The molecule has 0 saturated heterocycles. The number of rotatable bonds is 3. The number of ether oxygens (including phenoxy) is 2.